The van der Waals surface area contributed by atoms with E-state index in [0.717, 1.165) is 17.1 Å². The minimum Gasteiger partial charge on any atom is -0.310 e. The van der Waals surface area contributed by atoms with Crippen LogP contribution in [0.5, 0.6) is 0 Å². The van der Waals surface area contributed by atoms with Gasteiger partial charge in [0.15, 0.2) is 0 Å². The van der Waals surface area contributed by atoms with Crippen molar-refractivity contribution < 1.29 is 0 Å². The SMILES string of the molecule is CC1(C)c2cc(N(c3ccc(-c4ccccc4)cc3)c3ccc(-c4ccc5ccccc5c4-c4cccc(-c5ccccc5)c4)cc3)ccc2-c2c(-c3ccccc3)cccc21. The quantitative estimate of drug-likeness (QED) is 0.148. The van der Waals surface area contributed by atoms with Crippen molar-refractivity contribution in [2.45, 2.75) is 19.3 Å². The maximum atomic E-state index is 2.43. The minimum atomic E-state index is -0.178. The molecule has 0 amide bonds. The van der Waals surface area contributed by atoms with Crippen molar-refractivity contribution in [3.63, 3.8) is 0 Å². The predicted octanol–water partition coefficient (Wildman–Crippen LogP) is 17.0. The van der Waals surface area contributed by atoms with Gasteiger partial charge in [-0.2, -0.15) is 0 Å². The van der Waals surface area contributed by atoms with E-state index in [1.807, 2.05) is 0 Å². The van der Waals surface area contributed by atoms with Crippen molar-refractivity contribution >= 4 is 27.8 Å². The largest absolute Gasteiger partial charge is 0.310 e. The standard InChI is InChI=1S/C61H45N/c1-61(2)57-27-15-26-54(45-20-10-5-11-21-45)60(57)56-39-37-52(41-58(56)61)62(50-33-28-44(29-34-50)42-16-6-3-7-17-42)51-35-30-47(31-36-51)55-38-32-46-22-12-13-25-53(46)59(55)49-24-14-23-48(40-49)43-18-8-4-9-19-43/h3-41H,1-2H3. The maximum Gasteiger partial charge on any atom is 0.0465 e. The Bertz CT molecular complexity index is 3220. The van der Waals surface area contributed by atoms with Gasteiger partial charge in [0.2, 0.25) is 0 Å². The van der Waals surface area contributed by atoms with Crippen LogP contribution in [0.4, 0.5) is 17.1 Å². The summed E-state index contributed by atoms with van der Waals surface area (Å²) in [7, 11) is 0. The number of benzene rings is 10. The van der Waals surface area contributed by atoms with Crippen molar-refractivity contribution in [1.82, 2.24) is 0 Å². The second-order valence-corrected chi connectivity index (χ2v) is 16.9. The normalized spacial score (nSPS) is 12.5. The lowest BCUT2D eigenvalue weighted by atomic mass is 9.81. The molecular formula is C61H45N. The Hall–Kier alpha value is -7.74. The van der Waals surface area contributed by atoms with Crippen LogP contribution in [0.1, 0.15) is 25.0 Å². The fourth-order valence-electron chi connectivity index (χ4n) is 9.75. The molecule has 0 saturated carbocycles. The topological polar surface area (TPSA) is 3.24 Å². The summed E-state index contributed by atoms with van der Waals surface area (Å²) in [6.07, 6.45) is 0. The third-order valence-electron chi connectivity index (χ3n) is 12.9. The summed E-state index contributed by atoms with van der Waals surface area (Å²) in [6, 6.07) is 86.5. The van der Waals surface area contributed by atoms with Gasteiger partial charge >= 0.3 is 0 Å². The molecule has 0 fully saturated rings. The molecule has 294 valence electrons. The van der Waals surface area contributed by atoms with E-state index in [-0.39, 0.29) is 5.41 Å². The summed E-state index contributed by atoms with van der Waals surface area (Å²) in [6.45, 7) is 4.75. The van der Waals surface area contributed by atoms with Crippen molar-refractivity contribution in [3.05, 3.63) is 248 Å². The first-order chi connectivity index (χ1) is 30.5. The van der Waals surface area contributed by atoms with Gasteiger partial charge < -0.3 is 4.90 Å². The molecule has 10 aromatic carbocycles. The van der Waals surface area contributed by atoms with Crippen molar-refractivity contribution in [3.8, 4) is 66.8 Å². The zero-order chi connectivity index (χ0) is 41.6. The van der Waals surface area contributed by atoms with Gasteiger partial charge in [0.25, 0.3) is 0 Å². The number of fused-ring (bicyclic) bond motifs is 4. The lowest BCUT2D eigenvalue weighted by Gasteiger charge is -2.28. The molecule has 0 spiro atoms. The molecule has 0 atom stereocenters. The summed E-state index contributed by atoms with van der Waals surface area (Å²) >= 11 is 0. The van der Waals surface area contributed by atoms with E-state index in [9.17, 15) is 0 Å². The Kier molecular flexibility index (Phi) is 9.24. The summed E-state index contributed by atoms with van der Waals surface area (Å²) < 4.78 is 0. The van der Waals surface area contributed by atoms with Gasteiger partial charge in [-0.15, -0.1) is 0 Å². The number of nitrogens with zero attached hydrogens (tertiary/aromatic N) is 1. The first-order valence-electron chi connectivity index (χ1n) is 21.6. The van der Waals surface area contributed by atoms with Gasteiger partial charge in [-0.05, 0) is 131 Å². The smallest absolute Gasteiger partial charge is 0.0465 e. The summed E-state index contributed by atoms with van der Waals surface area (Å²) in [5.41, 5.74) is 20.7. The molecule has 1 aliphatic carbocycles. The van der Waals surface area contributed by atoms with Gasteiger partial charge in [-0.1, -0.05) is 208 Å². The highest BCUT2D eigenvalue weighted by molar-refractivity contribution is 6.05. The Morgan fingerprint density at radius 3 is 1.47 bits per heavy atom. The van der Waals surface area contributed by atoms with E-state index in [2.05, 4.69) is 255 Å². The average Bonchev–Trinajstić information content (AvgIpc) is 3.57. The fourth-order valence-corrected chi connectivity index (χ4v) is 9.75. The number of hydrogen-bond donors (Lipinski definition) is 0. The van der Waals surface area contributed by atoms with Crippen LogP contribution in [0.25, 0.3) is 77.5 Å². The van der Waals surface area contributed by atoms with Gasteiger partial charge in [0, 0.05) is 22.5 Å². The van der Waals surface area contributed by atoms with Crippen molar-refractivity contribution in [1.29, 1.82) is 0 Å². The molecule has 0 radical (unpaired) electrons. The maximum absolute atomic E-state index is 2.43. The monoisotopic (exact) mass is 791 g/mol. The molecule has 0 aliphatic heterocycles. The third-order valence-corrected chi connectivity index (χ3v) is 12.9. The fraction of sp³-hybridized carbons (Fsp3) is 0.0492. The lowest BCUT2D eigenvalue weighted by molar-refractivity contribution is 0.660. The molecule has 10 aromatic rings. The van der Waals surface area contributed by atoms with Crippen LogP contribution in [0.3, 0.4) is 0 Å². The van der Waals surface area contributed by atoms with Crippen molar-refractivity contribution in [2.75, 3.05) is 4.90 Å². The molecule has 1 heteroatoms. The van der Waals surface area contributed by atoms with Crippen LogP contribution in [0, 0.1) is 0 Å². The van der Waals surface area contributed by atoms with Crippen LogP contribution in [0.15, 0.2) is 237 Å². The molecule has 1 aliphatic rings. The van der Waals surface area contributed by atoms with E-state index in [0.29, 0.717) is 0 Å². The van der Waals surface area contributed by atoms with Crippen LogP contribution in [-0.4, -0.2) is 0 Å². The highest BCUT2D eigenvalue weighted by atomic mass is 15.1. The Labute approximate surface area is 364 Å². The zero-order valence-electron chi connectivity index (χ0n) is 35.0. The average molecular weight is 792 g/mol. The Balaban J connectivity index is 1.04. The molecule has 0 N–H and O–H groups in total. The number of anilines is 3. The molecule has 0 heterocycles. The van der Waals surface area contributed by atoms with Crippen LogP contribution < -0.4 is 4.90 Å². The number of hydrogen-bond acceptors (Lipinski definition) is 1. The molecule has 0 saturated heterocycles. The molecule has 0 unspecified atom stereocenters. The van der Waals surface area contributed by atoms with Gasteiger partial charge in [-0.25, -0.2) is 0 Å². The molecule has 62 heavy (non-hydrogen) atoms. The van der Waals surface area contributed by atoms with E-state index in [1.54, 1.807) is 0 Å². The highest BCUT2D eigenvalue weighted by Gasteiger charge is 2.37. The molecule has 1 nitrogen and oxygen atoms in total. The third kappa shape index (κ3) is 6.51. The molecule has 0 bridgehead atoms. The minimum absolute atomic E-state index is 0.178. The molecule has 0 aromatic heterocycles. The van der Waals surface area contributed by atoms with E-state index < -0.39 is 0 Å². The van der Waals surface area contributed by atoms with Gasteiger partial charge in [0.1, 0.15) is 0 Å². The lowest BCUT2D eigenvalue weighted by Crippen LogP contribution is -2.16. The second kappa shape index (κ2) is 15.4. The van der Waals surface area contributed by atoms with E-state index in [4.69, 9.17) is 0 Å². The number of rotatable bonds is 8. The molecular weight excluding hydrogens is 747 g/mol. The van der Waals surface area contributed by atoms with Crippen LogP contribution in [0.2, 0.25) is 0 Å². The van der Waals surface area contributed by atoms with Gasteiger partial charge in [0.05, 0.1) is 0 Å². The second-order valence-electron chi connectivity index (χ2n) is 16.9. The predicted molar refractivity (Wildman–Crippen MR) is 263 cm³/mol. The summed E-state index contributed by atoms with van der Waals surface area (Å²) in [4.78, 5) is 2.42. The Morgan fingerprint density at radius 2 is 0.774 bits per heavy atom. The first-order valence-corrected chi connectivity index (χ1v) is 21.6. The highest BCUT2D eigenvalue weighted by Crippen LogP contribution is 2.54. The van der Waals surface area contributed by atoms with Gasteiger partial charge in [-0.3, -0.25) is 0 Å². The van der Waals surface area contributed by atoms with Crippen LogP contribution in [-0.2, 0) is 5.41 Å². The molecule has 11 rings (SSSR count). The van der Waals surface area contributed by atoms with E-state index >= 15 is 0 Å². The van der Waals surface area contributed by atoms with Crippen molar-refractivity contribution in [2.24, 2.45) is 0 Å². The summed E-state index contributed by atoms with van der Waals surface area (Å²) in [5, 5.41) is 2.48. The zero-order valence-corrected chi connectivity index (χ0v) is 35.0. The van der Waals surface area contributed by atoms with Crippen LogP contribution >= 0.6 is 0 Å². The Morgan fingerprint density at radius 1 is 0.290 bits per heavy atom. The first kappa shape index (κ1) is 37.3. The summed E-state index contributed by atoms with van der Waals surface area (Å²) in [5.74, 6) is 0. The van der Waals surface area contributed by atoms with E-state index in [1.165, 1.54) is 88.7 Å².